The molecule has 8 heteroatoms. The largest absolute Gasteiger partial charge is 0.394 e. The molecule has 176 valence electrons. The first-order valence-corrected chi connectivity index (χ1v) is 12.2. The summed E-state index contributed by atoms with van der Waals surface area (Å²) in [5.41, 5.74) is 4.73. The predicted molar refractivity (Wildman–Crippen MR) is 127 cm³/mol. The summed E-state index contributed by atoms with van der Waals surface area (Å²) in [5, 5.41) is 15.9. The van der Waals surface area contributed by atoms with E-state index in [1.54, 1.807) is 12.1 Å². The Labute approximate surface area is 195 Å². The van der Waals surface area contributed by atoms with Gasteiger partial charge in [-0.1, -0.05) is 61.9 Å². The number of ketones is 1. The van der Waals surface area contributed by atoms with E-state index in [2.05, 4.69) is 13.8 Å². The molecule has 0 saturated heterocycles. The van der Waals surface area contributed by atoms with Crippen molar-refractivity contribution in [1.29, 1.82) is 0 Å². The summed E-state index contributed by atoms with van der Waals surface area (Å²) in [4.78, 5) is 12.5. The van der Waals surface area contributed by atoms with Gasteiger partial charge in [0.25, 0.3) is 10.1 Å². The number of rotatable bonds is 4. The highest BCUT2D eigenvalue weighted by Crippen LogP contribution is 2.41. The Morgan fingerprint density at radius 2 is 1.67 bits per heavy atom. The summed E-state index contributed by atoms with van der Waals surface area (Å²) in [6, 6.07) is 15.9. The van der Waals surface area contributed by atoms with Crippen LogP contribution in [0.2, 0.25) is 0 Å². The number of allylic oxidation sites excluding steroid dienone is 2. The molecule has 1 aliphatic heterocycles. The predicted octanol–water partition coefficient (Wildman–Crippen LogP) is 3.97. The van der Waals surface area contributed by atoms with Gasteiger partial charge in [0.2, 0.25) is 0 Å². The Kier molecular flexibility index (Phi) is 7.51. The molecule has 0 saturated carbocycles. The molecule has 0 aromatic heterocycles. The van der Waals surface area contributed by atoms with Gasteiger partial charge in [-0.05, 0) is 36.5 Å². The first kappa shape index (κ1) is 24.8. The number of β-amino-alcohol motifs (C(OH)–C–C–N with tert-alkyl or cyclic N) is 1. The molecule has 7 nitrogen and oxygen atoms in total. The normalized spacial score (nSPS) is 17.7. The molecule has 2 aliphatic rings. The molecule has 1 heterocycles. The second kappa shape index (κ2) is 9.99. The maximum absolute atomic E-state index is 12.6. The quantitative estimate of drug-likeness (QED) is 0.655. The van der Waals surface area contributed by atoms with Crippen molar-refractivity contribution in [3.05, 3.63) is 77.0 Å². The first-order chi connectivity index (χ1) is 15.5. The Hall–Kier alpha value is -2.81. The van der Waals surface area contributed by atoms with E-state index in [9.17, 15) is 18.3 Å². The van der Waals surface area contributed by atoms with Crippen LogP contribution in [0, 0.1) is 12.3 Å². The van der Waals surface area contributed by atoms with Crippen molar-refractivity contribution in [2.24, 2.45) is 10.5 Å². The lowest BCUT2D eigenvalue weighted by molar-refractivity contribution is -0.118. The summed E-state index contributed by atoms with van der Waals surface area (Å²) in [6.45, 7) is 6.52. The van der Waals surface area contributed by atoms with Crippen molar-refractivity contribution < 1.29 is 22.9 Å². The highest BCUT2D eigenvalue weighted by atomic mass is 32.2. The number of hydrazone groups is 1. The minimum atomic E-state index is -4.02. The van der Waals surface area contributed by atoms with Gasteiger partial charge in [0.15, 0.2) is 5.78 Å². The molecule has 0 spiro atoms. The number of nitrogens with zero attached hydrogens (tertiary/aromatic N) is 2. The second-order valence-corrected chi connectivity index (χ2v) is 10.5. The molecule has 2 aromatic carbocycles. The molecular weight excluding hydrogens is 440 g/mol. The van der Waals surface area contributed by atoms with Crippen molar-refractivity contribution in [3.63, 3.8) is 0 Å². The number of aliphatic hydroxyl groups excluding tert-OH is 1. The van der Waals surface area contributed by atoms with Crippen molar-refractivity contribution in [1.82, 2.24) is 5.01 Å². The maximum Gasteiger partial charge on any atom is 0.294 e. The lowest BCUT2D eigenvalue weighted by Gasteiger charge is -2.38. The molecule has 0 atom stereocenters. The Balaban J connectivity index is 0.000000235. The van der Waals surface area contributed by atoms with Crippen LogP contribution in [-0.4, -0.2) is 47.7 Å². The van der Waals surface area contributed by atoms with Crippen molar-refractivity contribution in [3.8, 4) is 0 Å². The van der Waals surface area contributed by atoms with E-state index in [1.165, 1.54) is 12.1 Å². The minimum absolute atomic E-state index is 0.0248. The Morgan fingerprint density at radius 1 is 1.03 bits per heavy atom. The fourth-order valence-electron chi connectivity index (χ4n) is 3.96. The lowest BCUT2D eigenvalue weighted by Crippen LogP contribution is -2.37. The minimum Gasteiger partial charge on any atom is -0.394 e. The highest BCUT2D eigenvalue weighted by molar-refractivity contribution is 7.85. The Bertz CT molecular complexity index is 1170. The van der Waals surface area contributed by atoms with Crippen molar-refractivity contribution >= 4 is 21.6 Å². The third-order valence-corrected chi connectivity index (χ3v) is 6.47. The van der Waals surface area contributed by atoms with Gasteiger partial charge in [-0.15, -0.1) is 0 Å². The van der Waals surface area contributed by atoms with E-state index in [4.69, 9.17) is 9.65 Å². The zero-order valence-corrected chi connectivity index (χ0v) is 20.0. The zero-order chi connectivity index (χ0) is 24.2. The third kappa shape index (κ3) is 6.37. The van der Waals surface area contributed by atoms with Gasteiger partial charge >= 0.3 is 0 Å². The van der Waals surface area contributed by atoms with E-state index >= 15 is 0 Å². The van der Waals surface area contributed by atoms with Crippen LogP contribution in [0.3, 0.4) is 0 Å². The number of hydrogen-bond donors (Lipinski definition) is 2. The number of benzene rings is 2. The maximum atomic E-state index is 12.6. The molecule has 0 fully saturated rings. The monoisotopic (exact) mass is 470 g/mol. The zero-order valence-electron chi connectivity index (χ0n) is 19.2. The molecule has 0 radical (unpaired) electrons. The standard InChI is InChI=1S/C18H22N2O2.C7H8O3S/c1-18(2)11-16-14(17(22)12-18)10-15(19-20(16)8-9-21)13-6-4-3-5-7-13;1-6-2-4-7(5-3-6)11(8,9)10/h3-7,21H,8-12H2,1-2H3;2-5H,1H3,(H,8,9,10). The number of carbonyl (C=O) groups excluding carboxylic acids is 1. The molecule has 2 N–H and O–H groups in total. The second-order valence-electron chi connectivity index (χ2n) is 9.09. The first-order valence-electron chi connectivity index (χ1n) is 10.8. The average Bonchev–Trinajstić information content (AvgIpc) is 2.74. The fourth-order valence-corrected chi connectivity index (χ4v) is 4.44. The van der Waals surface area contributed by atoms with Gasteiger partial charge in [-0.3, -0.25) is 14.4 Å². The van der Waals surface area contributed by atoms with Crippen LogP contribution in [-0.2, 0) is 14.9 Å². The molecular formula is C25H30N2O5S. The number of aryl methyl sites for hydroxylation is 1. The van der Waals surface area contributed by atoms with Gasteiger partial charge in [0.05, 0.1) is 23.8 Å². The van der Waals surface area contributed by atoms with Crippen LogP contribution < -0.4 is 0 Å². The van der Waals surface area contributed by atoms with E-state index < -0.39 is 10.1 Å². The summed E-state index contributed by atoms with van der Waals surface area (Å²) in [6.07, 6.45) is 2.01. The van der Waals surface area contributed by atoms with Crippen LogP contribution in [0.15, 0.2) is 75.9 Å². The SMILES string of the molecule is CC1(C)CC(=O)C2=C(C1)N(CCO)N=C(c1ccccc1)C2.Cc1ccc(S(=O)(=O)O)cc1. The van der Waals surface area contributed by atoms with Gasteiger partial charge < -0.3 is 5.11 Å². The summed E-state index contributed by atoms with van der Waals surface area (Å²) >= 11 is 0. The van der Waals surface area contributed by atoms with Crippen molar-refractivity contribution in [2.75, 3.05) is 13.2 Å². The van der Waals surface area contributed by atoms with Crippen LogP contribution in [0.5, 0.6) is 0 Å². The van der Waals surface area contributed by atoms with Gasteiger partial charge in [-0.2, -0.15) is 13.5 Å². The highest BCUT2D eigenvalue weighted by Gasteiger charge is 2.37. The smallest absolute Gasteiger partial charge is 0.294 e. The molecule has 1 aliphatic carbocycles. The third-order valence-electron chi connectivity index (χ3n) is 5.60. The molecule has 0 amide bonds. The number of Topliss-reactive ketones (excluding diaryl/α,β-unsaturated/α-hetero) is 1. The van der Waals surface area contributed by atoms with Crippen LogP contribution in [0.25, 0.3) is 0 Å². The Morgan fingerprint density at radius 3 is 2.24 bits per heavy atom. The average molecular weight is 471 g/mol. The molecule has 33 heavy (non-hydrogen) atoms. The van der Waals surface area contributed by atoms with Crippen molar-refractivity contribution in [2.45, 2.75) is 44.9 Å². The fraction of sp³-hybridized carbons (Fsp3) is 0.360. The molecule has 2 aromatic rings. The van der Waals surface area contributed by atoms with E-state index in [-0.39, 0.29) is 22.7 Å². The number of hydrogen-bond acceptors (Lipinski definition) is 6. The van der Waals surface area contributed by atoms with Crippen LogP contribution in [0.1, 0.15) is 44.2 Å². The van der Waals surface area contributed by atoms with Gasteiger partial charge in [-0.25, -0.2) is 0 Å². The summed E-state index contributed by atoms with van der Waals surface area (Å²) < 4.78 is 29.6. The number of carbonyl (C=O) groups is 1. The van der Waals surface area contributed by atoms with E-state index in [0.29, 0.717) is 19.4 Å². The van der Waals surface area contributed by atoms with Gasteiger partial charge in [0.1, 0.15) is 0 Å². The number of aliphatic hydroxyl groups is 1. The van der Waals surface area contributed by atoms with Gasteiger partial charge in [0, 0.05) is 24.1 Å². The van der Waals surface area contributed by atoms with E-state index in [1.807, 2.05) is 42.3 Å². The van der Waals surface area contributed by atoms with E-state index in [0.717, 1.165) is 34.5 Å². The summed E-state index contributed by atoms with van der Waals surface area (Å²) in [5.74, 6) is 0.220. The van der Waals surface area contributed by atoms with Crippen LogP contribution >= 0.6 is 0 Å². The topological polar surface area (TPSA) is 107 Å². The van der Waals surface area contributed by atoms with Crippen LogP contribution in [0.4, 0.5) is 0 Å². The summed E-state index contributed by atoms with van der Waals surface area (Å²) in [7, 11) is -4.02. The molecule has 4 rings (SSSR count). The molecule has 0 unspecified atom stereocenters. The molecule has 0 bridgehead atoms. The lowest BCUT2D eigenvalue weighted by atomic mass is 9.74.